The van der Waals surface area contributed by atoms with Gasteiger partial charge in [-0.15, -0.1) is 5.10 Å². The number of aromatic nitrogens is 4. The second kappa shape index (κ2) is 8.05. The fraction of sp³-hybridized carbons (Fsp3) is 0.222. The predicted octanol–water partition coefficient (Wildman–Crippen LogP) is 2.77. The number of rotatable bonds is 7. The van der Waals surface area contributed by atoms with Crippen molar-refractivity contribution < 1.29 is 9.53 Å². The van der Waals surface area contributed by atoms with Gasteiger partial charge in [0.15, 0.2) is 5.82 Å². The second-order valence-corrected chi connectivity index (χ2v) is 5.50. The van der Waals surface area contributed by atoms with E-state index in [9.17, 15) is 4.79 Å². The van der Waals surface area contributed by atoms with Crippen LogP contribution in [-0.2, 0) is 11.3 Å². The second-order valence-electron chi connectivity index (χ2n) is 5.50. The Morgan fingerprint density at radius 2 is 1.88 bits per heavy atom. The van der Waals surface area contributed by atoms with Crippen molar-refractivity contribution in [1.82, 2.24) is 20.2 Å². The molecule has 1 heterocycles. The molecule has 3 rings (SSSR count). The number of carbonyl (C=O) groups excluding carboxylic acids is 1. The number of aryl methyl sites for hydroxylation is 1. The molecule has 1 N–H and O–H groups in total. The number of tetrazole rings is 1. The molecule has 2 aromatic carbocycles. The summed E-state index contributed by atoms with van der Waals surface area (Å²) in [4.78, 5) is 11.0. The normalized spacial score (nSPS) is 10.4. The number of carbonyl (C=O) groups is 1. The first-order valence-electron chi connectivity index (χ1n) is 8.04. The van der Waals surface area contributed by atoms with Crippen molar-refractivity contribution in [1.29, 1.82) is 0 Å². The van der Waals surface area contributed by atoms with Gasteiger partial charge in [0.05, 0.1) is 6.61 Å². The van der Waals surface area contributed by atoms with E-state index in [4.69, 9.17) is 4.74 Å². The number of benzene rings is 2. The van der Waals surface area contributed by atoms with Gasteiger partial charge in [-0.2, -0.15) is 0 Å². The molecule has 7 nitrogen and oxygen atoms in total. The molecule has 0 fully saturated rings. The van der Waals surface area contributed by atoms with E-state index in [0.717, 1.165) is 29.2 Å². The molecule has 3 aromatic rings. The lowest BCUT2D eigenvalue weighted by Gasteiger charge is -2.08. The van der Waals surface area contributed by atoms with Crippen LogP contribution in [0, 0.1) is 0 Å². The van der Waals surface area contributed by atoms with Gasteiger partial charge in [-0.25, -0.2) is 4.68 Å². The summed E-state index contributed by atoms with van der Waals surface area (Å²) < 4.78 is 7.49. The Labute approximate surface area is 145 Å². The molecule has 0 saturated carbocycles. The Bertz CT molecular complexity index is 815. The highest BCUT2D eigenvalue weighted by Gasteiger charge is 2.07. The minimum Gasteiger partial charge on any atom is -0.494 e. The van der Waals surface area contributed by atoms with E-state index < -0.39 is 0 Å². The average Bonchev–Trinajstić information content (AvgIpc) is 3.09. The average molecular weight is 337 g/mol. The van der Waals surface area contributed by atoms with E-state index >= 15 is 0 Å². The largest absolute Gasteiger partial charge is 0.494 e. The Kier molecular flexibility index (Phi) is 5.36. The molecule has 0 atom stereocenters. The quantitative estimate of drug-likeness (QED) is 0.670. The fourth-order valence-electron chi connectivity index (χ4n) is 2.39. The Morgan fingerprint density at radius 3 is 2.60 bits per heavy atom. The monoisotopic (exact) mass is 337 g/mol. The lowest BCUT2D eigenvalue weighted by molar-refractivity contribution is -0.114. The molecule has 0 bridgehead atoms. The van der Waals surface area contributed by atoms with Crippen LogP contribution in [0.15, 0.2) is 54.6 Å². The molecule has 0 saturated heterocycles. The third-order valence-electron chi connectivity index (χ3n) is 3.52. The van der Waals surface area contributed by atoms with E-state index in [1.807, 2.05) is 54.6 Å². The van der Waals surface area contributed by atoms with Crippen molar-refractivity contribution in [3.8, 4) is 17.1 Å². The third kappa shape index (κ3) is 4.63. The highest BCUT2D eigenvalue weighted by Crippen LogP contribution is 2.17. The summed E-state index contributed by atoms with van der Waals surface area (Å²) in [5.41, 5.74) is 1.74. The summed E-state index contributed by atoms with van der Waals surface area (Å²) >= 11 is 0. The van der Waals surface area contributed by atoms with E-state index in [2.05, 4.69) is 20.8 Å². The van der Waals surface area contributed by atoms with Gasteiger partial charge in [0.25, 0.3) is 0 Å². The highest BCUT2D eigenvalue weighted by atomic mass is 16.5. The van der Waals surface area contributed by atoms with Crippen LogP contribution in [0.2, 0.25) is 0 Å². The summed E-state index contributed by atoms with van der Waals surface area (Å²) in [6.45, 7) is 2.70. The predicted molar refractivity (Wildman–Crippen MR) is 94.1 cm³/mol. The zero-order valence-electron chi connectivity index (χ0n) is 13.9. The van der Waals surface area contributed by atoms with Gasteiger partial charge in [0.1, 0.15) is 5.75 Å². The van der Waals surface area contributed by atoms with Gasteiger partial charge < -0.3 is 10.1 Å². The molecule has 0 unspecified atom stereocenters. The van der Waals surface area contributed by atoms with Crippen molar-refractivity contribution in [3.63, 3.8) is 0 Å². The first kappa shape index (κ1) is 16.6. The highest BCUT2D eigenvalue weighted by molar-refractivity contribution is 5.88. The van der Waals surface area contributed by atoms with Gasteiger partial charge >= 0.3 is 0 Å². The van der Waals surface area contributed by atoms with Crippen molar-refractivity contribution in [2.45, 2.75) is 19.9 Å². The molecule has 0 aliphatic rings. The van der Waals surface area contributed by atoms with E-state index in [1.54, 1.807) is 4.68 Å². The van der Waals surface area contributed by atoms with Crippen LogP contribution in [0.5, 0.6) is 5.75 Å². The molecular weight excluding hydrogens is 318 g/mol. The lowest BCUT2D eigenvalue weighted by Crippen LogP contribution is -2.08. The summed E-state index contributed by atoms with van der Waals surface area (Å²) in [7, 11) is 0. The topological polar surface area (TPSA) is 81.9 Å². The number of ether oxygens (including phenoxy) is 1. The Hall–Kier alpha value is -3.22. The SMILES string of the molecule is CC(=O)Nc1ccc(OCCCn2nnnc2-c2ccccc2)cc1. The smallest absolute Gasteiger partial charge is 0.221 e. The molecule has 7 heteroatoms. The van der Waals surface area contributed by atoms with Crippen LogP contribution in [0.3, 0.4) is 0 Å². The van der Waals surface area contributed by atoms with E-state index in [0.29, 0.717) is 13.2 Å². The number of amides is 1. The summed E-state index contributed by atoms with van der Waals surface area (Å²) in [6, 6.07) is 17.1. The van der Waals surface area contributed by atoms with Crippen LogP contribution in [0.4, 0.5) is 5.69 Å². The molecule has 25 heavy (non-hydrogen) atoms. The van der Waals surface area contributed by atoms with Crippen LogP contribution in [0.1, 0.15) is 13.3 Å². The maximum absolute atomic E-state index is 11.0. The minimum absolute atomic E-state index is 0.0932. The van der Waals surface area contributed by atoms with Crippen LogP contribution in [0.25, 0.3) is 11.4 Å². The van der Waals surface area contributed by atoms with Crippen LogP contribution < -0.4 is 10.1 Å². The van der Waals surface area contributed by atoms with E-state index in [-0.39, 0.29) is 5.91 Å². The zero-order chi connectivity index (χ0) is 17.5. The lowest BCUT2D eigenvalue weighted by atomic mass is 10.2. The molecular formula is C18H19N5O2. The number of anilines is 1. The first-order chi connectivity index (χ1) is 12.2. The molecule has 0 aliphatic carbocycles. The molecule has 0 spiro atoms. The summed E-state index contributed by atoms with van der Waals surface area (Å²) in [5, 5.41) is 14.6. The molecule has 1 aromatic heterocycles. The van der Waals surface area contributed by atoms with Crippen LogP contribution >= 0.6 is 0 Å². The Balaban J connectivity index is 1.49. The zero-order valence-corrected chi connectivity index (χ0v) is 13.9. The molecule has 0 aliphatic heterocycles. The third-order valence-corrected chi connectivity index (χ3v) is 3.52. The van der Waals surface area contributed by atoms with Crippen molar-refractivity contribution in [3.05, 3.63) is 54.6 Å². The number of hydrogen-bond donors (Lipinski definition) is 1. The van der Waals surface area contributed by atoms with Gasteiger partial charge in [-0.3, -0.25) is 4.79 Å². The number of nitrogens with one attached hydrogen (secondary N) is 1. The number of hydrogen-bond acceptors (Lipinski definition) is 5. The molecule has 0 radical (unpaired) electrons. The maximum atomic E-state index is 11.0. The summed E-state index contributed by atoms with van der Waals surface area (Å²) in [5.74, 6) is 1.42. The first-order valence-corrected chi connectivity index (χ1v) is 8.04. The molecule has 1 amide bonds. The van der Waals surface area contributed by atoms with Crippen molar-refractivity contribution in [2.75, 3.05) is 11.9 Å². The van der Waals surface area contributed by atoms with Crippen LogP contribution in [-0.4, -0.2) is 32.7 Å². The standard InChI is InChI=1S/C18H19N5O2/c1-14(24)19-16-8-10-17(11-9-16)25-13-5-12-23-18(20-21-22-23)15-6-3-2-4-7-15/h2-4,6-11H,5,12-13H2,1H3,(H,19,24). The number of nitrogens with zero attached hydrogens (tertiary/aromatic N) is 4. The van der Waals surface area contributed by atoms with Crippen molar-refractivity contribution >= 4 is 11.6 Å². The maximum Gasteiger partial charge on any atom is 0.221 e. The van der Waals surface area contributed by atoms with E-state index in [1.165, 1.54) is 6.92 Å². The van der Waals surface area contributed by atoms with Crippen molar-refractivity contribution in [2.24, 2.45) is 0 Å². The Morgan fingerprint density at radius 1 is 1.12 bits per heavy atom. The summed E-state index contributed by atoms with van der Waals surface area (Å²) in [6.07, 6.45) is 0.776. The van der Waals surface area contributed by atoms with Gasteiger partial charge in [-0.1, -0.05) is 30.3 Å². The fourth-order valence-corrected chi connectivity index (χ4v) is 2.39. The van der Waals surface area contributed by atoms with Gasteiger partial charge in [-0.05, 0) is 34.7 Å². The molecule has 128 valence electrons. The van der Waals surface area contributed by atoms with Gasteiger partial charge in [0, 0.05) is 31.1 Å². The minimum atomic E-state index is -0.0932. The van der Waals surface area contributed by atoms with Gasteiger partial charge in [0.2, 0.25) is 5.91 Å².